The number of nitrogens with zero attached hydrogens (tertiary/aromatic N) is 5. The highest BCUT2D eigenvalue weighted by atomic mass is 16.3. The Kier molecular flexibility index (Phi) is 6.06. The summed E-state index contributed by atoms with van der Waals surface area (Å²) in [5.74, 6) is 1.63. The molecule has 2 amide bonds. The second-order valence-corrected chi connectivity index (χ2v) is 9.44. The van der Waals surface area contributed by atoms with Gasteiger partial charge in [0.05, 0.1) is 5.60 Å². The minimum Gasteiger partial charge on any atom is -0.389 e. The fourth-order valence-electron chi connectivity index (χ4n) is 5.25. The lowest BCUT2D eigenvalue weighted by Crippen LogP contribution is -2.61. The fraction of sp³-hybridized carbons (Fsp3) is 0.773. The molecule has 2 saturated heterocycles. The van der Waals surface area contributed by atoms with E-state index in [0.717, 1.165) is 37.4 Å². The van der Waals surface area contributed by atoms with E-state index in [2.05, 4.69) is 14.9 Å². The van der Waals surface area contributed by atoms with Crippen molar-refractivity contribution in [1.29, 1.82) is 0 Å². The highest BCUT2D eigenvalue weighted by Gasteiger charge is 2.46. The van der Waals surface area contributed by atoms with Gasteiger partial charge in [-0.1, -0.05) is 19.3 Å². The first-order valence-corrected chi connectivity index (χ1v) is 11.2. The number of rotatable bonds is 3. The lowest BCUT2D eigenvalue weighted by atomic mass is 9.75. The molecule has 0 radical (unpaired) electrons. The molecule has 2 atom stereocenters. The van der Waals surface area contributed by atoms with Gasteiger partial charge in [-0.3, -0.25) is 4.90 Å². The second-order valence-electron chi connectivity index (χ2n) is 9.44. The van der Waals surface area contributed by atoms with Gasteiger partial charge in [0, 0.05) is 76.6 Å². The average molecular weight is 402 g/mol. The molecule has 160 valence electrons. The van der Waals surface area contributed by atoms with Crippen LogP contribution in [0.25, 0.3) is 0 Å². The van der Waals surface area contributed by atoms with Crippen molar-refractivity contribution in [3.05, 3.63) is 23.8 Å². The summed E-state index contributed by atoms with van der Waals surface area (Å²) in [6.45, 7) is 3.75. The van der Waals surface area contributed by atoms with Crippen molar-refractivity contribution in [3.8, 4) is 0 Å². The van der Waals surface area contributed by atoms with Gasteiger partial charge in [-0.2, -0.15) is 0 Å². The molecule has 1 N–H and O–H groups in total. The lowest BCUT2D eigenvalue weighted by molar-refractivity contribution is -0.108. The minimum atomic E-state index is -0.638. The predicted octanol–water partition coefficient (Wildman–Crippen LogP) is 2.46. The number of hydrogen-bond donors (Lipinski definition) is 1. The number of amides is 2. The number of aliphatic hydroxyl groups is 1. The van der Waals surface area contributed by atoms with Crippen molar-refractivity contribution in [2.45, 2.75) is 63.0 Å². The third-order valence-corrected chi connectivity index (χ3v) is 7.11. The van der Waals surface area contributed by atoms with Gasteiger partial charge in [0.1, 0.15) is 5.82 Å². The van der Waals surface area contributed by atoms with Crippen molar-refractivity contribution in [2.24, 2.45) is 5.92 Å². The van der Waals surface area contributed by atoms with Crippen molar-refractivity contribution in [1.82, 2.24) is 24.7 Å². The fourth-order valence-corrected chi connectivity index (χ4v) is 5.25. The van der Waals surface area contributed by atoms with Gasteiger partial charge in [0.2, 0.25) is 0 Å². The predicted molar refractivity (Wildman–Crippen MR) is 111 cm³/mol. The number of piperidine rings is 2. The maximum absolute atomic E-state index is 12.4. The van der Waals surface area contributed by atoms with Gasteiger partial charge in [0.25, 0.3) is 0 Å². The zero-order chi connectivity index (χ0) is 20.4. The van der Waals surface area contributed by atoms with E-state index >= 15 is 0 Å². The van der Waals surface area contributed by atoms with Crippen LogP contribution in [0.2, 0.25) is 0 Å². The third kappa shape index (κ3) is 4.56. The van der Waals surface area contributed by atoms with Crippen molar-refractivity contribution < 1.29 is 9.90 Å². The summed E-state index contributed by atoms with van der Waals surface area (Å²) in [6, 6.07) is 0.0378. The van der Waals surface area contributed by atoms with E-state index in [1.54, 1.807) is 19.0 Å². The summed E-state index contributed by atoms with van der Waals surface area (Å²) in [6.07, 6.45) is 11.8. The molecule has 3 aliphatic rings. The van der Waals surface area contributed by atoms with Gasteiger partial charge in [-0.15, -0.1) is 0 Å². The molecule has 29 heavy (non-hydrogen) atoms. The highest BCUT2D eigenvalue weighted by molar-refractivity contribution is 5.74. The number of carbonyl (C=O) groups is 1. The largest absolute Gasteiger partial charge is 0.389 e. The Bertz CT molecular complexity index is 704. The van der Waals surface area contributed by atoms with Crippen LogP contribution < -0.4 is 0 Å². The van der Waals surface area contributed by atoms with Crippen LogP contribution in [0.1, 0.15) is 62.3 Å². The molecule has 1 saturated carbocycles. The Hall–Kier alpha value is -1.73. The normalized spacial score (nSPS) is 28.8. The molecule has 0 unspecified atom stereocenters. The Balaban J connectivity index is 1.36. The molecule has 0 bridgehead atoms. The van der Waals surface area contributed by atoms with E-state index in [0.29, 0.717) is 25.4 Å². The van der Waals surface area contributed by atoms with Crippen LogP contribution in [-0.2, 0) is 6.54 Å². The molecule has 0 spiro atoms. The summed E-state index contributed by atoms with van der Waals surface area (Å²) in [4.78, 5) is 27.6. The van der Waals surface area contributed by atoms with Crippen molar-refractivity contribution in [2.75, 3.05) is 40.3 Å². The number of hydrogen-bond acceptors (Lipinski definition) is 5. The smallest absolute Gasteiger partial charge is 0.319 e. The molecule has 1 aliphatic carbocycles. The molecule has 1 aromatic heterocycles. The van der Waals surface area contributed by atoms with E-state index in [1.165, 1.54) is 32.1 Å². The number of aromatic nitrogens is 2. The molecule has 4 rings (SSSR count). The molecule has 0 aromatic carbocycles. The third-order valence-electron chi connectivity index (χ3n) is 7.11. The van der Waals surface area contributed by atoms with Crippen LogP contribution in [0, 0.1) is 5.92 Å². The molecule has 3 fully saturated rings. The summed E-state index contributed by atoms with van der Waals surface area (Å²) >= 11 is 0. The summed E-state index contributed by atoms with van der Waals surface area (Å²) < 4.78 is 0. The van der Waals surface area contributed by atoms with Crippen LogP contribution in [-0.4, -0.2) is 81.7 Å². The Morgan fingerprint density at radius 1 is 1.14 bits per heavy atom. The quantitative estimate of drug-likeness (QED) is 0.842. The maximum Gasteiger partial charge on any atom is 0.319 e. The van der Waals surface area contributed by atoms with Crippen molar-refractivity contribution >= 4 is 6.03 Å². The molecule has 2 aliphatic heterocycles. The first-order chi connectivity index (χ1) is 13.9. The average Bonchev–Trinajstić information content (AvgIpc) is 2.74. The van der Waals surface area contributed by atoms with Crippen LogP contribution >= 0.6 is 0 Å². The number of likely N-dealkylation sites (tertiary alicyclic amines) is 2. The topological polar surface area (TPSA) is 72.8 Å². The zero-order valence-electron chi connectivity index (χ0n) is 17.9. The van der Waals surface area contributed by atoms with Crippen LogP contribution in [0.3, 0.4) is 0 Å². The summed E-state index contributed by atoms with van der Waals surface area (Å²) in [7, 11) is 3.57. The van der Waals surface area contributed by atoms with E-state index in [4.69, 9.17) is 0 Å². The number of urea groups is 1. The molecule has 3 heterocycles. The molecule has 7 nitrogen and oxygen atoms in total. The molecular weight excluding hydrogens is 366 g/mol. The van der Waals surface area contributed by atoms with Gasteiger partial charge in [-0.25, -0.2) is 14.8 Å². The van der Waals surface area contributed by atoms with E-state index < -0.39 is 5.60 Å². The van der Waals surface area contributed by atoms with Gasteiger partial charge in [-0.05, 0) is 25.7 Å². The van der Waals surface area contributed by atoms with Crippen LogP contribution in [0.5, 0.6) is 0 Å². The van der Waals surface area contributed by atoms with Gasteiger partial charge < -0.3 is 14.9 Å². The van der Waals surface area contributed by atoms with Crippen LogP contribution in [0.4, 0.5) is 4.79 Å². The first-order valence-electron chi connectivity index (χ1n) is 11.2. The summed E-state index contributed by atoms with van der Waals surface area (Å²) in [5, 5.41) is 11.1. The Morgan fingerprint density at radius 2 is 1.83 bits per heavy atom. The highest BCUT2D eigenvalue weighted by Crippen LogP contribution is 2.36. The van der Waals surface area contributed by atoms with Gasteiger partial charge >= 0.3 is 6.03 Å². The van der Waals surface area contributed by atoms with E-state index in [9.17, 15) is 9.90 Å². The van der Waals surface area contributed by atoms with E-state index in [1.807, 2.05) is 17.3 Å². The van der Waals surface area contributed by atoms with E-state index in [-0.39, 0.29) is 11.9 Å². The van der Waals surface area contributed by atoms with Crippen LogP contribution in [0.15, 0.2) is 12.4 Å². The van der Waals surface area contributed by atoms with Crippen molar-refractivity contribution in [3.63, 3.8) is 0 Å². The second kappa shape index (κ2) is 8.56. The molecule has 1 aromatic rings. The molecular formula is C22H35N5O2. The Morgan fingerprint density at radius 3 is 2.52 bits per heavy atom. The Labute approximate surface area is 174 Å². The molecule has 7 heteroatoms. The monoisotopic (exact) mass is 401 g/mol. The lowest BCUT2D eigenvalue weighted by Gasteiger charge is -2.50. The summed E-state index contributed by atoms with van der Waals surface area (Å²) in [5.41, 5.74) is 0.494. The first kappa shape index (κ1) is 20.5. The van der Waals surface area contributed by atoms with Gasteiger partial charge in [0.15, 0.2) is 0 Å². The standard InChI is InChI=1S/C22H35N5O2/c1-25(2)21(28)27-11-9-22(29)8-10-26(15-19(22)16-27)14-17-12-23-20(24-13-17)18-6-4-3-5-7-18/h12-13,18-19,29H,3-11,14-16H2,1-2H3/t19-,22-/m0/s1. The zero-order valence-corrected chi connectivity index (χ0v) is 17.9. The number of carbonyl (C=O) groups excluding carboxylic acids is 1. The SMILES string of the molecule is CN(C)C(=O)N1CC[C@@]2(O)CCN(Cc3cnc(C4CCCCC4)nc3)C[C@H]2C1. The minimum absolute atomic E-state index is 0.0378. The maximum atomic E-state index is 12.4. The number of fused-ring (bicyclic) bond motifs is 1.